The molecule has 1 aromatic rings. The predicted molar refractivity (Wildman–Crippen MR) is 73.4 cm³/mol. The topological polar surface area (TPSA) is 98.7 Å². The predicted octanol–water partition coefficient (Wildman–Crippen LogP) is 1.57. The lowest BCUT2D eigenvalue weighted by molar-refractivity contribution is -0.384. The number of ether oxygens (including phenoxy) is 1. The lowest BCUT2D eigenvalue weighted by Crippen LogP contribution is -2.45. The summed E-state index contributed by atoms with van der Waals surface area (Å²) in [6, 6.07) is 1.84. The molecule has 1 unspecified atom stereocenters. The summed E-state index contributed by atoms with van der Waals surface area (Å²) >= 11 is 0. The van der Waals surface area contributed by atoms with E-state index >= 15 is 0 Å². The van der Waals surface area contributed by atoms with E-state index < -0.39 is 33.6 Å². The number of nitro benzene ring substituents is 1. The Hall–Kier alpha value is -2.22. The Kier molecular flexibility index (Phi) is 4.37. The Labute approximate surface area is 120 Å². The molecular weight excluding hydrogens is 281 g/mol. The zero-order valence-electron chi connectivity index (χ0n) is 11.5. The molecule has 1 aliphatic rings. The summed E-state index contributed by atoms with van der Waals surface area (Å²) in [6.07, 6.45) is 0.599. The molecule has 0 aliphatic carbocycles. The average molecular weight is 297 g/mol. The first-order chi connectivity index (χ1) is 9.95. The zero-order valence-corrected chi connectivity index (χ0v) is 11.5. The van der Waals surface area contributed by atoms with Gasteiger partial charge in [-0.3, -0.25) is 14.9 Å². The Balaban J connectivity index is 2.34. The van der Waals surface area contributed by atoms with E-state index in [1.54, 1.807) is 0 Å². The first-order valence-corrected chi connectivity index (χ1v) is 6.59. The van der Waals surface area contributed by atoms with E-state index in [0.29, 0.717) is 19.7 Å². The van der Waals surface area contributed by atoms with E-state index in [-0.39, 0.29) is 6.10 Å². The van der Waals surface area contributed by atoms with Crippen molar-refractivity contribution < 1.29 is 18.8 Å². The summed E-state index contributed by atoms with van der Waals surface area (Å²) in [5.74, 6) is -1.50. The third-order valence-electron chi connectivity index (χ3n) is 3.46. The molecule has 1 fully saturated rings. The molecule has 1 heterocycles. The van der Waals surface area contributed by atoms with Crippen molar-refractivity contribution in [2.45, 2.75) is 19.4 Å². The number of nitro groups is 1. The highest BCUT2D eigenvalue weighted by Gasteiger charge is 2.30. The largest absolute Gasteiger partial charge is 0.392 e. The molecule has 0 saturated carbocycles. The van der Waals surface area contributed by atoms with Gasteiger partial charge in [-0.15, -0.1) is 0 Å². The van der Waals surface area contributed by atoms with Crippen molar-refractivity contribution in [2.24, 2.45) is 0 Å². The van der Waals surface area contributed by atoms with Gasteiger partial charge in [-0.2, -0.15) is 0 Å². The van der Waals surface area contributed by atoms with Crippen LogP contribution in [-0.2, 0) is 4.74 Å². The molecule has 0 radical (unpaired) electrons. The van der Waals surface area contributed by atoms with Crippen LogP contribution in [-0.4, -0.2) is 41.5 Å². The minimum absolute atomic E-state index is 0.120. The maximum absolute atomic E-state index is 13.9. The number of halogens is 1. The van der Waals surface area contributed by atoms with Gasteiger partial charge >= 0.3 is 0 Å². The molecule has 1 saturated heterocycles. The lowest BCUT2D eigenvalue weighted by Gasteiger charge is -2.32. The number of nitrogen functional groups attached to an aromatic ring is 1. The number of anilines is 1. The Bertz CT molecular complexity index is 579. The lowest BCUT2D eigenvalue weighted by atomic mass is 10.1. The molecule has 0 aromatic heterocycles. The first kappa shape index (κ1) is 15.2. The molecule has 0 spiro atoms. The van der Waals surface area contributed by atoms with Crippen LogP contribution in [0.25, 0.3) is 0 Å². The third kappa shape index (κ3) is 2.94. The normalized spacial score (nSPS) is 18.6. The number of benzene rings is 1. The van der Waals surface area contributed by atoms with E-state index in [0.717, 1.165) is 18.6 Å². The van der Waals surface area contributed by atoms with Gasteiger partial charge < -0.3 is 15.4 Å². The SMILES string of the molecule is CCC1CN(C(=O)c2c(F)ccc([N+](=O)[O-])c2N)CCO1. The zero-order chi connectivity index (χ0) is 15.6. The highest BCUT2D eigenvalue weighted by molar-refractivity contribution is 6.01. The van der Waals surface area contributed by atoms with Crippen LogP contribution >= 0.6 is 0 Å². The molecule has 8 heteroatoms. The maximum Gasteiger partial charge on any atom is 0.293 e. The number of morpholine rings is 1. The van der Waals surface area contributed by atoms with Gasteiger partial charge in [0.25, 0.3) is 11.6 Å². The molecule has 1 aromatic carbocycles. The second-order valence-corrected chi connectivity index (χ2v) is 4.76. The van der Waals surface area contributed by atoms with Crippen molar-refractivity contribution in [2.75, 3.05) is 25.4 Å². The molecular formula is C13H16FN3O4. The minimum atomic E-state index is -0.859. The summed E-state index contributed by atoms with van der Waals surface area (Å²) < 4.78 is 19.3. The number of hydrogen-bond donors (Lipinski definition) is 1. The quantitative estimate of drug-likeness (QED) is 0.518. The second kappa shape index (κ2) is 6.04. The molecule has 1 aliphatic heterocycles. The van der Waals surface area contributed by atoms with E-state index in [9.17, 15) is 19.3 Å². The molecule has 1 amide bonds. The number of rotatable bonds is 3. The number of carbonyl (C=O) groups excluding carboxylic acids is 1. The molecule has 2 rings (SSSR count). The number of nitrogens with two attached hydrogens (primary N) is 1. The standard InChI is InChI=1S/C13H16FN3O4/c1-2-8-7-16(5-6-21-8)13(18)11-9(14)3-4-10(12(11)15)17(19)20/h3-4,8H,2,5-7,15H2,1H3. The monoisotopic (exact) mass is 297 g/mol. The molecule has 21 heavy (non-hydrogen) atoms. The number of amides is 1. The Morgan fingerprint density at radius 1 is 1.62 bits per heavy atom. The van der Waals surface area contributed by atoms with E-state index in [4.69, 9.17) is 10.5 Å². The molecule has 0 bridgehead atoms. The molecule has 7 nitrogen and oxygen atoms in total. The van der Waals surface area contributed by atoms with E-state index in [1.165, 1.54) is 4.90 Å². The van der Waals surface area contributed by atoms with Crippen molar-refractivity contribution in [1.29, 1.82) is 0 Å². The van der Waals surface area contributed by atoms with Gasteiger partial charge in [0.2, 0.25) is 0 Å². The fourth-order valence-electron chi connectivity index (χ4n) is 2.27. The van der Waals surface area contributed by atoms with Crippen LogP contribution in [0.5, 0.6) is 0 Å². The Morgan fingerprint density at radius 3 is 2.95 bits per heavy atom. The second-order valence-electron chi connectivity index (χ2n) is 4.76. The average Bonchev–Trinajstić information content (AvgIpc) is 2.46. The van der Waals surface area contributed by atoms with Crippen LogP contribution in [0.2, 0.25) is 0 Å². The van der Waals surface area contributed by atoms with Gasteiger partial charge in [0.1, 0.15) is 17.1 Å². The first-order valence-electron chi connectivity index (χ1n) is 6.59. The van der Waals surface area contributed by atoms with Crippen molar-refractivity contribution >= 4 is 17.3 Å². The van der Waals surface area contributed by atoms with Gasteiger partial charge in [0, 0.05) is 19.2 Å². The van der Waals surface area contributed by atoms with Crippen molar-refractivity contribution in [3.8, 4) is 0 Å². The van der Waals surface area contributed by atoms with Crippen LogP contribution in [0, 0.1) is 15.9 Å². The summed E-state index contributed by atoms with van der Waals surface area (Å²) in [4.78, 5) is 23.9. The number of carbonyl (C=O) groups is 1. The summed E-state index contributed by atoms with van der Waals surface area (Å²) in [5, 5.41) is 10.8. The van der Waals surface area contributed by atoms with Gasteiger partial charge in [0.05, 0.1) is 17.6 Å². The third-order valence-corrected chi connectivity index (χ3v) is 3.46. The maximum atomic E-state index is 13.9. The van der Waals surface area contributed by atoms with Crippen LogP contribution in [0.3, 0.4) is 0 Å². The number of hydrogen-bond acceptors (Lipinski definition) is 5. The van der Waals surface area contributed by atoms with Crippen molar-refractivity contribution in [1.82, 2.24) is 4.90 Å². The van der Waals surface area contributed by atoms with E-state index in [1.807, 2.05) is 6.92 Å². The minimum Gasteiger partial charge on any atom is -0.392 e. The fraction of sp³-hybridized carbons (Fsp3) is 0.462. The van der Waals surface area contributed by atoms with Crippen LogP contribution in [0.15, 0.2) is 12.1 Å². The fourth-order valence-corrected chi connectivity index (χ4v) is 2.27. The van der Waals surface area contributed by atoms with Gasteiger partial charge in [-0.1, -0.05) is 6.92 Å². The van der Waals surface area contributed by atoms with Gasteiger partial charge in [-0.25, -0.2) is 4.39 Å². The molecule has 1 atom stereocenters. The van der Waals surface area contributed by atoms with Gasteiger partial charge in [-0.05, 0) is 12.5 Å². The highest BCUT2D eigenvalue weighted by Crippen LogP contribution is 2.29. The smallest absolute Gasteiger partial charge is 0.293 e. The summed E-state index contributed by atoms with van der Waals surface area (Å²) in [7, 11) is 0. The van der Waals surface area contributed by atoms with Crippen molar-refractivity contribution in [3.63, 3.8) is 0 Å². The molecule has 114 valence electrons. The Morgan fingerprint density at radius 2 is 2.33 bits per heavy atom. The van der Waals surface area contributed by atoms with Crippen LogP contribution in [0.4, 0.5) is 15.8 Å². The summed E-state index contributed by atoms with van der Waals surface area (Å²) in [6.45, 7) is 2.88. The van der Waals surface area contributed by atoms with Crippen LogP contribution < -0.4 is 5.73 Å². The molecule has 2 N–H and O–H groups in total. The highest BCUT2D eigenvalue weighted by atomic mass is 19.1. The van der Waals surface area contributed by atoms with Gasteiger partial charge in [0.15, 0.2) is 0 Å². The van der Waals surface area contributed by atoms with Crippen LogP contribution in [0.1, 0.15) is 23.7 Å². The van der Waals surface area contributed by atoms with E-state index in [2.05, 4.69) is 0 Å². The number of nitrogens with zero attached hydrogens (tertiary/aromatic N) is 2. The summed E-state index contributed by atoms with van der Waals surface area (Å²) in [5.41, 5.74) is 4.24. The van der Waals surface area contributed by atoms with Crippen molar-refractivity contribution in [3.05, 3.63) is 33.6 Å².